The minimum absolute atomic E-state index is 0.0363. The molecule has 172 valence electrons. The van der Waals surface area contributed by atoms with Gasteiger partial charge < -0.3 is 19.9 Å². The maximum Gasteiger partial charge on any atom is 0.259 e. The van der Waals surface area contributed by atoms with Crippen LogP contribution in [0, 0.1) is 0 Å². The molecule has 1 aromatic heterocycles. The average Bonchev–Trinajstić information content (AvgIpc) is 3.26. The molecular formula is C25H26BrN3O4. The second-order valence-electron chi connectivity index (χ2n) is 7.88. The summed E-state index contributed by atoms with van der Waals surface area (Å²) in [7, 11) is 0. The fourth-order valence-corrected chi connectivity index (χ4v) is 3.93. The number of hydrogen-bond donors (Lipinski definition) is 2. The summed E-state index contributed by atoms with van der Waals surface area (Å²) in [6.07, 6.45) is 1.92. The van der Waals surface area contributed by atoms with E-state index in [1.807, 2.05) is 42.5 Å². The Bertz CT molecular complexity index is 1050. The lowest BCUT2D eigenvalue weighted by Gasteiger charge is -2.21. The van der Waals surface area contributed by atoms with E-state index in [2.05, 4.69) is 31.1 Å². The molecule has 2 atom stereocenters. The van der Waals surface area contributed by atoms with Gasteiger partial charge in [0.05, 0.1) is 5.56 Å². The van der Waals surface area contributed by atoms with Crippen LogP contribution in [0.1, 0.15) is 16.8 Å². The second kappa shape index (κ2) is 11.3. The molecule has 1 amide bonds. The van der Waals surface area contributed by atoms with E-state index in [-0.39, 0.29) is 18.6 Å². The summed E-state index contributed by atoms with van der Waals surface area (Å²) in [4.78, 5) is 19.1. The van der Waals surface area contributed by atoms with Crippen molar-refractivity contribution in [3.05, 3.63) is 83.0 Å². The zero-order valence-electron chi connectivity index (χ0n) is 18.1. The molecule has 0 saturated carbocycles. The highest BCUT2D eigenvalue weighted by Gasteiger charge is 2.26. The van der Waals surface area contributed by atoms with Gasteiger partial charge in [-0.25, -0.2) is 4.98 Å². The Kier molecular flexibility index (Phi) is 7.93. The second-order valence-corrected chi connectivity index (χ2v) is 8.80. The van der Waals surface area contributed by atoms with Crippen LogP contribution in [0.2, 0.25) is 0 Å². The molecule has 0 radical (unpaired) electrons. The molecular weight excluding hydrogens is 486 g/mol. The first-order valence-corrected chi connectivity index (χ1v) is 11.6. The third kappa shape index (κ3) is 6.77. The molecule has 2 unspecified atom stereocenters. The van der Waals surface area contributed by atoms with Crippen molar-refractivity contribution in [3.8, 4) is 11.6 Å². The maximum absolute atomic E-state index is 12.7. The van der Waals surface area contributed by atoms with Gasteiger partial charge in [-0.05, 0) is 52.7 Å². The molecule has 3 aromatic rings. The monoisotopic (exact) mass is 511 g/mol. The molecule has 4 rings (SSSR count). The first-order valence-electron chi connectivity index (χ1n) is 10.8. The van der Waals surface area contributed by atoms with E-state index in [0.29, 0.717) is 36.0 Å². The number of aliphatic hydroxyl groups is 1. The Morgan fingerprint density at radius 1 is 1.15 bits per heavy atom. The molecule has 0 bridgehead atoms. The summed E-state index contributed by atoms with van der Waals surface area (Å²) in [6, 6.07) is 20.0. The molecule has 7 nitrogen and oxygen atoms in total. The van der Waals surface area contributed by atoms with Gasteiger partial charge in [0.2, 0.25) is 5.88 Å². The molecule has 0 spiro atoms. The Balaban J connectivity index is 1.26. The number of carbonyl (C=O) groups is 1. The predicted molar refractivity (Wildman–Crippen MR) is 130 cm³/mol. The van der Waals surface area contributed by atoms with Crippen LogP contribution in [-0.2, 0) is 0 Å². The number of nitrogens with one attached hydrogen (secondary N) is 1. The quantitative estimate of drug-likeness (QED) is 0.451. The van der Waals surface area contributed by atoms with Gasteiger partial charge in [-0.2, -0.15) is 0 Å². The van der Waals surface area contributed by atoms with Crippen molar-refractivity contribution in [1.29, 1.82) is 0 Å². The van der Waals surface area contributed by atoms with Gasteiger partial charge in [0.1, 0.15) is 24.6 Å². The minimum atomic E-state index is -0.695. The lowest BCUT2D eigenvalue weighted by molar-refractivity contribution is 0.0710. The summed E-state index contributed by atoms with van der Waals surface area (Å²) in [6.45, 7) is 2.09. The Labute approximate surface area is 201 Å². The summed E-state index contributed by atoms with van der Waals surface area (Å²) in [5, 5.41) is 13.4. The number of β-amino-alcohol motifs (C(OH)–C–C–N with tert-alkyl or cyclic N) is 1. The number of rotatable bonds is 9. The van der Waals surface area contributed by atoms with Gasteiger partial charge in [-0.15, -0.1) is 0 Å². The number of hydrogen-bond acceptors (Lipinski definition) is 6. The molecule has 2 heterocycles. The number of benzene rings is 2. The lowest BCUT2D eigenvalue weighted by atomic mass is 10.2. The van der Waals surface area contributed by atoms with Gasteiger partial charge in [-0.1, -0.05) is 30.3 Å². The predicted octanol–water partition coefficient (Wildman–Crippen LogP) is 3.99. The van der Waals surface area contributed by atoms with Gasteiger partial charge in [0, 0.05) is 42.1 Å². The van der Waals surface area contributed by atoms with E-state index in [0.717, 1.165) is 17.4 Å². The van der Waals surface area contributed by atoms with Crippen molar-refractivity contribution >= 4 is 27.5 Å². The van der Waals surface area contributed by atoms with Crippen LogP contribution in [0.4, 0.5) is 5.69 Å². The van der Waals surface area contributed by atoms with Gasteiger partial charge in [0.25, 0.3) is 5.91 Å². The highest BCUT2D eigenvalue weighted by molar-refractivity contribution is 9.10. The summed E-state index contributed by atoms with van der Waals surface area (Å²) < 4.78 is 12.7. The van der Waals surface area contributed by atoms with Crippen LogP contribution >= 0.6 is 15.9 Å². The van der Waals surface area contributed by atoms with Crippen LogP contribution in [0.15, 0.2) is 77.4 Å². The highest BCUT2D eigenvalue weighted by Crippen LogP contribution is 2.21. The van der Waals surface area contributed by atoms with Gasteiger partial charge in [0.15, 0.2) is 0 Å². The number of carbonyl (C=O) groups excluding carboxylic acids is 1. The van der Waals surface area contributed by atoms with E-state index in [1.165, 1.54) is 0 Å². The fourth-order valence-electron chi connectivity index (χ4n) is 3.70. The smallest absolute Gasteiger partial charge is 0.259 e. The van der Waals surface area contributed by atoms with Crippen molar-refractivity contribution in [3.63, 3.8) is 0 Å². The van der Waals surface area contributed by atoms with Gasteiger partial charge in [-0.3, -0.25) is 9.69 Å². The van der Waals surface area contributed by atoms with E-state index < -0.39 is 6.10 Å². The standard InChI is InChI=1S/C25H26BrN3O4/c26-18-10-11-24(27-14-18)33-21-12-13-29(16-21)15-20(30)17-32-23-9-5-4-8-22(23)25(31)28-19-6-2-1-3-7-19/h1-11,14,20-21,30H,12-13,15-17H2,(H,28,31). The molecule has 1 aliphatic heterocycles. The Morgan fingerprint density at radius 3 is 2.73 bits per heavy atom. The number of ether oxygens (including phenoxy) is 2. The van der Waals surface area contributed by atoms with Crippen molar-refractivity contribution in [2.24, 2.45) is 0 Å². The number of halogens is 1. The number of nitrogens with zero attached hydrogens (tertiary/aromatic N) is 2. The van der Waals surface area contributed by atoms with Crippen LogP contribution < -0.4 is 14.8 Å². The summed E-state index contributed by atoms with van der Waals surface area (Å²) in [5.74, 6) is 0.778. The number of anilines is 1. The van der Waals surface area contributed by atoms with E-state index in [4.69, 9.17) is 9.47 Å². The Hall–Kier alpha value is -2.94. The molecule has 1 fully saturated rings. The number of pyridine rings is 1. The van der Waals surface area contributed by atoms with Crippen LogP contribution in [0.3, 0.4) is 0 Å². The molecule has 1 aliphatic rings. The minimum Gasteiger partial charge on any atom is -0.490 e. The van der Waals surface area contributed by atoms with Crippen LogP contribution in [0.25, 0.3) is 0 Å². The molecule has 33 heavy (non-hydrogen) atoms. The third-order valence-corrected chi connectivity index (χ3v) is 5.75. The topological polar surface area (TPSA) is 83.9 Å². The first kappa shape index (κ1) is 23.2. The normalized spacial score (nSPS) is 16.8. The third-order valence-electron chi connectivity index (χ3n) is 5.28. The molecule has 2 N–H and O–H groups in total. The van der Waals surface area contributed by atoms with E-state index in [9.17, 15) is 9.90 Å². The van der Waals surface area contributed by atoms with Crippen LogP contribution in [-0.4, -0.2) is 59.3 Å². The van der Waals surface area contributed by atoms with Crippen molar-refractivity contribution in [2.75, 3.05) is 31.6 Å². The SMILES string of the molecule is O=C(Nc1ccccc1)c1ccccc1OCC(O)CN1CCC(Oc2ccc(Br)cn2)C1. The summed E-state index contributed by atoms with van der Waals surface area (Å²) >= 11 is 3.37. The molecule has 1 saturated heterocycles. The fraction of sp³-hybridized carbons (Fsp3) is 0.280. The average molecular weight is 512 g/mol. The van der Waals surface area contributed by atoms with Crippen molar-refractivity contribution in [1.82, 2.24) is 9.88 Å². The van der Waals surface area contributed by atoms with E-state index >= 15 is 0 Å². The first-order chi connectivity index (χ1) is 16.1. The number of aromatic nitrogens is 1. The molecule has 2 aromatic carbocycles. The van der Waals surface area contributed by atoms with Crippen molar-refractivity contribution in [2.45, 2.75) is 18.6 Å². The lowest BCUT2D eigenvalue weighted by Crippen LogP contribution is -2.35. The highest BCUT2D eigenvalue weighted by atomic mass is 79.9. The molecule has 8 heteroatoms. The summed E-state index contributed by atoms with van der Waals surface area (Å²) in [5.41, 5.74) is 1.13. The molecule has 0 aliphatic carbocycles. The number of amides is 1. The Morgan fingerprint density at radius 2 is 1.94 bits per heavy atom. The van der Waals surface area contributed by atoms with Crippen molar-refractivity contribution < 1.29 is 19.4 Å². The van der Waals surface area contributed by atoms with Gasteiger partial charge >= 0.3 is 0 Å². The zero-order chi connectivity index (χ0) is 23.0. The number of aliphatic hydroxyl groups excluding tert-OH is 1. The number of para-hydroxylation sites is 2. The largest absolute Gasteiger partial charge is 0.490 e. The van der Waals surface area contributed by atoms with Crippen LogP contribution in [0.5, 0.6) is 11.6 Å². The zero-order valence-corrected chi connectivity index (χ0v) is 19.6. The van der Waals surface area contributed by atoms with E-state index in [1.54, 1.807) is 30.5 Å². The number of likely N-dealkylation sites (tertiary alicyclic amines) is 1. The maximum atomic E-state index is 12.7.